The van der Waals surface area contributed by atoms with E-state index in [0.717, 1.165) is 6.42 Å². The number of methoxy groups -OCH3 is 1. The van der Waals surface area contributed by atoms with Crippen molar-refractivity contribution in [1.29, 1.82) is 0 Å². The average Bonchev–Trinajstić information content (AvgIpc) is 3.25. The monoisotopic (exact) mass is 398 g/mol. The second-order valence-corrected chi connectivity index (χ2v) is 13.3. The third-order valence-electron chi connectivity index (χ3n) is 6.73. The maximum absolute atomic E-state index is 6.14. The summed E-state index contributed by atoms with van der Waals surface area (Å²) >= 11 is 0. The molecule has 0 amide bonds. The maximum atomic E-state index is 6.14. The first-order valence-electron chi connectivity index (χ1n) is 11.7. The lowest BCUT2D eigenvalue weighted by atomic mass is 10.00. The molecule has 0 radical (unpaired) electrons. The van der Waals surface area contributed by atoms with Crippen molar-refractivity contribution in [2.75, 3.05) is 7.11 Å². The molecule has 0 spiro atoms. The smallest absolute Gasteiger partial charge is 0.121 e. The molecule has 0 aliphatic heterocycles. The Bertz CT molecular complexity index is 643. The highest BCUT2D eigenvalue weighted by atomic mass is 28.3. The van der Waals surface area contributed by atoms with Gasteiger partial charge in [0.25, 0.3) is 0 Å². The van der Waals surface area contributed by atoms with Crippen LogP contribution in [0.1, 0.15) is 77.3 Å². The number of hydrogen-bond donors (Lipinski definition) is 0. The van der Waals surface area contributed by atoms with Crippen LogP contribution in [-0.4, -0.2) is 15.2 Å². The number of aryl methyl sites for hydroxylation is 2. The zero-order valence-corrected chi connectivity index (χ0v) is 20.0. The van der Waals surface area contributed by atoms with Gasteiger partial charge in [-0.1, -0.05) is 102 Å². The molecule has 1 nitrogen and oxygen atoms in total. The molecule has 0 unspecified atom stereocenters. The third-order valence-corrected chi connectivity index (χ3v) is 12.4. The Morgan fingerprint density at radius 3 is 1.96 bits per heavy atom. The molecule has 0 saturated carbocycles. The molecule has 2 heteroatoms. The van der Waals surface area contributed by atoms with Crippen LogP contribution in [0.3, 0.4) is 0 Å². The summed E-state index contributed by atoms with van der Waals surface area (Å²) < 4.78 is 6.14. The van der Waals surface area contributed by atoms with E-state index in [0.29, 0.717) is 5.54 Å². The summed E-state index contributed by atoms with van der Waals surface area (Å²) in [5.74, 6) is 1.22. The predicted molar refractivity (Wildman–Crippen MR) is 128 cm³/mol. The molecule has 1 aliphatic rings. The van der Waals surface area contributed by atoms with Crippen LogP contribution >= 0.6 is 0 Å². The maximum Gasteiger partial charge on any atom is 0.121 e. The Balaban J connectivity index is 2.53. The van der Waals surface area contributed by atoms with Crippen LogP contribution in [0.4, 0.5) is 0 Å². The summed E-state index contributed by atoms with van der Waals surface area (Å²) in [5.41, 5.74) is 3.61. The van der Waals surface area contributed by atoms with Crippen LogP contribution in [0.25, 0.3) is 0 Å². The number of rotatable bonds is 13. The van der Waals surface area contributed by atoms with Crippen LogP contribution in [0.5, 0.6) is 5.75 Å². The van der Waals surface area contributed by atoms with E-state index in [1.807, 2.05) is 7.11 Å². The second kappa shape index (κ2) is 11.7. The summed E-state index contributed by atoms with van der Waals surface area (Å²) in [6.45, 7) is 9.40. The first kappa shape index (κ1) is 23.0. The van der Waals surface area contributed by atoms with Crippen molar-refractivity contribution in [3.05, 3.63) is 47.6 Å². The highest BCUT2D eigenvalue weighted by molar-refractivity contribution is 6.94. The Labute approximate surface area is 175 Å². The van der Waals surface area contributed by atoms with Gasteiger partial charge < -0.3 is 4.74 Å². The van der Waals surface area contributed by atoms with Crippen molar-refractivity contribution in [2.45, 2.75) is 96.7 Å². The molecular weight excluding hydrogens is 356 g/mol. The van der Waals surface area contributed by atoms with E-state index < -0.39 is 8.07 Å². The lowest BCUT2D eigenvalue weighted by molar-refractivity contribution is 0.411. The first-order chi connectivity index (χ1) is 13.7. The molecule has 0 saturated heterocycles. The molecule has 0 heterocycles. The van der Waals surface area contributed by atoms with E-state index in [-0.39, 0.29) is 0 Å². The molecule has 0 fully saturated rings. The second-order valence-electron chi connectivity index (χ2n) is 8.41. The van der Waals surface area contributed by atoms with Crippen molar-refractivity contribution in [2.24, 2.45) is 0 Å². The van der Waals surface area contributed by atoms with E-state index >= 15 is 0 Å². The summed E-state index contributed by atoms with van der Waals surface area (Å²) in [7, 11) is 0.184. The van der Waals surface area contributed by atoms with Gasteiger partial charge in [0, 0.05) is 0 Å². The predicted octanol–water partition coefficient (Wildman–Crippen LogP) is 7.35. The van der Waals surface area contributed by atoms with E-state index in [9.17, 15) is 0 Å². The minimum absolute atomic E-state index is 0.603. The SMILES string of the molecule is CCCCCc1cc(CCCCC)c(OC)c([Si](CC)(CC)C2C=CC=C2)c1. The van der Waals surface area contributed by atoms with Crippen LogP contribution in [0.15, 0.2) is 36.4 Å². The van der Waals surface area contributed by atoms with E-state index in [4.69, 9.17) is 4.74 Å². The van der Waals surface area contributed by atoms with Crippen LogP contribution in [0, 0.1) is 0 Å². The zero-order chi connectivity index (χ0) is 20.4. The summed E-state index contributed by atoms with van der Waals surface area (Å²) in [4.78, 5) is 0. The van der Waals surface area contributed by atoms with Gasteiger partial charge in [0.1, 0.15) is 13.8 Å². The standard InChI is InChI=1S/C26H42OSi/c1-6-10-12-16-22-20-23(17-13-11-7-2)26(27-5)25(21-22)28(8-3,9-4)24-18-14-15-19-24/h14-15,18-21,24H,6-13,16-17H2,1-5H3. The molecule has 2 rings (SSSR count). The first-order valence-corrected chi connectivity index (χ1v) is 14.2. The van der Waals surface area contributed by atoms with Crippen molar-refractivity contribution in [1.82, 2.24) is 0 Å². The molecule has 1 aliphatic carbocycles. The van der Waals surface area contributed by atoms with Crippen molar-refractivity contribution >= 4 is 13.3 Å². The van der Waals surface area contributed by atoms with Crippen LogP contribution in [0.2, 0.25) is 17.6 Å². The highest BCUT2D eigenvalue weighted by Crippen LogP contribution is 2.38. The van der Waals surface area contributed by atoms with E-state index in [2.05, 4.69) is 64.1 Å². The fourth-order valence-corrected chi connectivity index (χ4v) is 9.63. The van der Waals surface area contributed by atoms with Crippen molar-refractivity contribution in [3.8, 4) is 5.75 Å². The molecule has 156 valence electrons. The molecule has 1 aromatic carbocycles. The Morgan fingerprint density at radius 1 is 0.821 bits per heavy atom. The minimum atomic E-state index is -1.71. The Hall–Kier alpha value is -1.28. The largest absolute Gasteiger partial charge is 0.497 e. The van der Waals surface area contributed by atoms with Gasteiger partial charge in [0.05, 0.1) is 7.11 Å². The number of allylic oxidation sites excluding steroid dienone is 4. The van der Waals surface area contributed by atoms with Crippen molar-refractivity contribution < 1.29 is 4.74 Å². The summed E-state index contributed by atoms with van der Waals surface area (Å²) in [5, 5.41) is 1.58. The number of unbranched alkanes of at least 4 members (excludes halogenated alkanes) is 4. The fourth-order valence-electron chi connectivity index (χ4n) is 4.92. The molecule has 0 aromatic heterocycles. The van der Waals surface area contributed by atoms with Crippen LogP contribution in [-0.2, 0) is 12.8 Å². The van der Waals surface area contributed by atoms with Gasteiger partial charge in [0.2, 0.25) is 0 Å². The van der Waals surface area contributed by atoms with E-state index in [1.165, 1.54) is 68.3 Å². The number of ether oxygens (including phenoxy) is 1. The van der Waals surface area contributed by atoms with Gasteiger partial charge in [-0.15, -0.1) is 0 Å². The van der Waals surface area contributed by atoms with Gasteiger partial charge in [0.15, 0.2) is 0 Å². The molecule has 28 heavy (non-hydrogen) atoms. The Kier molecular flexibility index (Phi) is 9.57. The Morgan fingerprint density at radius 2 is 1.43 bits per heavy atom. The normalized spacial score (nSPS) is 14.2. The van der Waals surface area contributed by atoms with Gasteiger partial charge in [-0.2, -0.15) is 0 Å². The van der Waals surface area contributed by atoms with Crippen molar-refractivity contribution in [3.63, 3.8) is 0 Å². The van der Waals surface area contributed by atoms with Gasteiger partial charge in [-0.3, -0.25) is 0 Å². The molecular formula is C26H42OSi. The fraction of sp³-hybridized carbons (Fsp3) is 0.615. The van der Waals surface area contributed by atoms with Gasteiger partial charge in [-0.25, -0.2) is 0 Å². The van der Waals surface area contributed by atoms with Crippen LogP contribution < -0.4 is 9.92 Å². The molecule has 0 bridgehead atoms. The topological polar surface area (TPSA) is 9.23 Å². The molecule has 1 aromatic rings. The lowest BCUT2D eigenvalue weighted by Crippen LogP contribution is -2.50. The van der Waals surface area contributed by atoms with E-state index in [1.54, 1.807) is 10.8 Å². The minimum Gasteiger partial charge on any atom is -0.497 e. The number of hydrogen-bond acceptors (Lipinski definition) is 1. The molecule has 0 atom stereocenters. The summed E-state index contributed by atoms with van der Waals surface area (Å²) in [6.07, 6.45) is 19.5. The molecule has 0 N–H and O–H groups in total. The summed E-state index contributed by atoms with van der Waals surface area (Å²) in [6, 6.07) is 7.56. The van der Waals surface area contributed by atoms with Gasteiger partial charge >= 0.3 is 0 Å². The number of benzene rings is 1. The lowest BCUT2D eigenvalue weighted by Gasteiger charge is -2.36. The quantitative estimate of drug-likeness (QED) is 0.249. The third kappa shape index (κ3) is 5.20. The zero-order valence-electron chi connectivity index (χ0n) is 19.0. The average molecular weight is 399 g/mol. The van der Waals surface area contributed by atoms with Gasteiger partial charge in [-0.05, 0) is 47.5 Å². The highest BCUT2D eigenvalue weighted by Gasteiger charge is 2.41.